The highest BCUT2D eigenvalue weighted by atomic mass is 16.2. The molecule has 0 saturated carbocycles. The summed E-state index contributed by atoms with van der Waals surface area (Å²) in [6.07, 6.45) is 4.04. The number of nitrogens with one attached hydrogen (secondary N) is 1. The Morgan fingerprint density at radius 3 is 2.33 bits per heavy atom. The summed E-state index contributed by atoms with van der Waals surface area (Å²) >= 11 is 0. The summed E-state index contributed by atoms with van der Waals surface area (Å²) < 4.78 is 0. The van der Waals surface area contributed by atoms with Crippen molar-refractivity contribution >= 4 is 11.8 Å². The molecule has 1 aliphatic rings. The molecular weight excluding hydrogens is 192 g/mol. The fourth-order valence-electron chi connectivity index (χ4n) is 1.92. The average Bonchev–Trinajstić information content (AvgIpc) is 2.26. The second-order valence-electron chi connectivity index (χ2n) is 4.05. The van der Waals surface area contributed by atoms with Gasteiger partial charge in [-0.25, -0.2) is 0 Å². The summed E-state index contributed by atoms with van der Waals surface area (Å²) in [4.78, 5) is 24.8. The SMILES string of the molecule is CC[C@H](NC(C)=O)C(=O)N1CCCCC1. The maximum atomic E-state index is 12.0. The summed E-state index contributed by atoms with van der Waals surface area (Å²) in [5, 5.41) is 2.70. The lowest BCUT2D eigenvalue weighted by atomic mass is 10.1. The van der Waals surface area contributed by atoms with Crippen molar-refractivity contribution in [2.75, 3.05) is 13.1 Å². The predicted octanol–water partition coefficient (Wildman–Crippen LogP) is 0.914. The van der Waals surface area contributed by atoms with Gasteiger partial charge in [-0.05, 0) is 25.7 Å². The van der Waals surface area contributed by atoms with Crippen LogP contribution in [-0.4, -0.2) is 35.8 Å². The molecule has 15 heavy (non-hydrogen) atoms. The van der Waals surface area contributed by atoms with Crippen LogP contribution in [0.25, 0.3) is 0 Å². The lowest BCUT2D eigenvalue weighted by Gasteiger charge is -2.30. The molecule has 1 rings (SSSR count). The number of amides is 2. The largest absolute Gasteiger partial charge is 0.345 e. The summed E-state index contributed by atoms with van der Waals surface area (Å²) in [7, 11) is 0. The van der Waals surface area contributed by atoms with E-state index in [9.17, 15) is 9.59 Å². The van der Waals surface area contributed by atoms with Gasteiger partial charge in [-0.1, -0.05) is 6.92 Å². The number of likely N-dealkylation sites (tertiary alicyclic amines) is 1. The summed E-state index contributed by atoms with van der Waals surface area (Å²) in [5.41, 5.74) is 0. The Hall–Kier alpha value is -1.06. The smallest absolute Gasteiger partial charge is 0.245 e. The first-order valence-electron chi connectivity index (χ1n) is 5.71. The first-order valence-corrected chi connectivity index (χ1v) is 5.71. The molecule has 0 spiro atoms. The molecule has 0 unspecified atom stereocenters. The average molecular weight is 212 g/mol. The molecule has 1 atom stereocenters. The minimum atomic E-state index is -0.333. The van der Waals surface area contributed by atoms with E-state index in [1.54, 1.807) is 0 Å². The first-order chi connectivity index (χ1) is 7.15. The van der Waals surface area contributed by atoms with Gasteiger partial charge in [-0.15, -0.1) is 0 Å². The number of carbonyl (C=O) groups is 2. The van der Waals surface area contributed by atoms with Crippen LogP contribution in [0.2, 0.25) is 0 Å². The van der Waals surface area contributed by atoms with Crippen LogP contribution < -0.4 is 5.32 Å². The summed E-state index contributed by atoms with van der Waals surface area (Å²) in [6, 6.07) is -0.333. The van der Waals surface area contributed by atoms with E-state index in [1.165, 1.54) is 13.3 Å². The third kappa shape index (κ3) is 3.53. The maximum Gasteiger partial charge on any atom is 0.245 e. The number of piperidine rings is 1. The highest BCUT2D eigenvalue weighted by molar-refractivity contribution is 5.86. The number of rotatable bonds is 3. The third-order valence-corrected chi connectivity index (χ3v) is 2.75. The molecule has 0 aromatic carbocycles. The Bertz CT molecular complexity index is 235. The van der Waals surface area contributed by atoms with Crippen molar-refractivity contribution in [2.45, 2.75) is 45.6 Å². The number of carbonyl (C=O) groups excluding carboxylic acids is 2. The zero-order valence-corrected chi connectivity index (χ0v) is 9.58. The van der Waals surface area contributed by atoms with Gasteiger partial charge in [0.2, 0.25) is 11.8 Å². The molecule has 1 heterocycles. The van der Waals surface area contributed by atoms with Crippen LogP contribution in [0.5, 0.6) is 0 Å². The van der Waals surface area contributed by atoms with Crippen molar-refractivity contribution in [1.29, 1.82) is 0 Å². The fourth-order valence-corrected chi connectivity index (χ4v) is 1.92. The van der Waals surface area contributed by atoms with E-state index < -0.39 is 0 Å². The summed E-state index contributed by atoms with van der Waals surface area (Å²) in [6.45, 7) is 5.05. The first kappa shape index (κ1) is 12.0. The molecule has 4 heteroatoms. The molecule has 4 nitrogen and oxygen atoms in total. The van der Waals surface area contributed by atoms with Crippen molar-refractivity contribution in [1.82, 2.24) is 10.2 Å². The van der Waals surface area contributed by atoms with Crippen molar-refractivity contribution in [3.8, 4) is 0 Å². The van der Waals surface area contributed by atoms with Crippen LogP contribution in [0.3, 0.4) is 0 Å². The standard InChI is InChI=1S/C11H20N2O2/c1-3-10(12-9(2)14)11(15)13-7-5-4-6-8-13/h10H,3-8H2,1-2H3,(H,12,14)/t10-/m0/s1. The minimum Gasteiger partial charge on any atom is -0.345 e. The molecule has 0 aromatic heterocycles. The Kier molecular flexibility index (Phi) is 4.59. The van der Waals surface area contributed by atoms with Gasteiger partial charge in [0.1, 0.15) is 6.04 Å². The monoisotopic (exact) mass is 212 g/mol. The molecular formula is C11H20N2O2. The second-order valence-corrected chi connectivity index (χ2v) is 4.05. The van der Waals surface area contributed by atoms with Gasteiger partial charge in [-0.2, -0.15) is 0 Å². The zero-order valence-electron chi connectivity index (χ0n) is 9.58. The molecule has 0 bridgehead atoms. The van der Waals surface area contributed by atoms with Crippen LogP contribution in [0, 0.1) is 0 Å². The maximum absolute atomic E-state index is 12.0. The normalized spacial score (nSPS) is 18.4. The molecule has 0 radical (unpaired) electrons. The summed E-state index contributed by atoms with van der Waals surface area (Å²) in [5.74, 6) is -0.0559. The van der Waals surface area contributed by atoms with Crippen LogP contribution in [0.15, 0.2) is 0 Å². The van der Waals surface area contributed by atoms with E-state index in [0.29, 0.717) is 6.42 Å². The lowest BCUT2D eigenvalue weighted by Crippen LogP contribution is -2.49. The molecule has 0 aliphatic carbocycles. The molecule has 1 saturated heterocycles. The van der Waals surface area contributed by atoms with Crippen molar-refractivity contribution in [2.24, 2.45) is 0 Å². The van der Waals surface area contributed by atoms with E-state index in [0.717, 1.165) is 25.9 Å². The Morgan fingerprint density at radius 2 is 1.87 bits per heavy atom. The second kappa shape index (κ2) is 5.73. The van der Waals surface area contributed by atoms with E-state index in [4.69, 9.17) is 0 Å². The van der Waals surface area contributed by atoms with Gasteiger partial charge in [0, 0.05) is 20.0 Å². The molecule has 86 valence electrons. The predicted molar refractivity (Wildman–Crippen MR) is 58.3 cm³/mol. The van der Waals surface area contributed by atoms with Crippen molar-refractivity contribution in [3.05, 3.63) is 0 Å². The molecule has 1 aliphatic heterocycles. The van der Waals surface area contributed by atoms with Crippen molar-refractivity contribution < 1.29 is 9.59 Å². The van der Waals surface area contributed by atoms with Crippen LogP contribution >= 0.6 is 0 Å². The molecule has 0 aromatic rings. The highest BCUT2D eigenvalue weighted by Crippen LogP contribution is 2.10. The van der Waals surface area contributed by atoms with E-state index in [-0.39, 0.29) is 17.9 Å². The zero-order chi connectivity index (χ0) is 11.3. The Balaban J connectivity index is 2.50. The van der Waals surface area contributed by atoms with Gasteiger partial charge in [0.15, 0.2) is 0 Å². The van der Waals surface area contributed by atoms with Crippen LogP contribution in [0.4, 0.5) is 0 Å². The molecule has 1 fully saturated rings. The number of nitrogens with zero attached hydrogens (tertiary/aromatic N) is 1. The van der Waals surface area contributed by atoms with Gasteiger partial charge in [-0.3, -0.25) is 9.59 Å². The topological polar surface area (TPSA) is 49.4 Å². The molecule has 2 amide bonds. The fraction of sp³-hybridized carbons (Fsp3) is 0.818. The Labute approximate surface area is 91.0 Å². The van der Waals surface area contributed by atoms with E-state index >= 15 is 0 Å². The lowest BCUT2D eigenvalue weighted by molar-refractivity contribution is -0.136. The van der Waals surface area contributed by atoms with Crippen LogP contribution in [0.1, 0.15) is 39.5 Å². The van der Waals surface area contributed by atoms with Gasteiger partial charge in [0.05, 0.1) is 0 Å². The van der Waals surface area contributed by atoms with Gasteiger partial charge >= 0.3 is 0 Å². The highest BCUT2D eigenvalue weighted by Gasteiger charge is 2.24. The number of hydrogen-bond donors (Lipinski definition) is 1. The van der Waals surface area contributed by atoms with E-state index in [1.807, 2.05) is 11.8 Å². The van der Waals surface area contributed by atoms with Gasteiger partial charge < -0.3 is 10.2 Å². The van der Waals surface area contributed by atoms with Crippen LogP contribution in [-0.2, 0) is 9.59 Å². The van der Waals surface area contributed by atoms with E-state index in [2.05, 4.69) is 5.32 Å². The third-order valence-electron chi connectivity index (χ3n) is 2.75. The minimum absolute atomic E-state index is 0.0763. The Morgan fingerprint density at radius 1 is 1.27 bits per heavy atom. The quantitative estimate of drug-likeness (QED) is 0.756. The van der Waals surface area contributed by atoms with Gasteiger partial charge in [0.25, 0.3) is 0 Å². The number of hydrogen-bond acceptors (Lipinski definition) is 2. The van der Waals surface area contributed by atoms with Crippen molar-refractivity contribution in [3.63, 3.8) is 0 Å². The molecule has 1 N–H and O–H groups in total.